The molecule has 0 saturated carbocycles. The van der Waals surface area contributed by atoms with Crippen LogP contribution in [-0.2, 0) is 11.3 Å². The van der Waals surface area contributed by atoms with E-state index in [4.69, 9.17) is 9.47 Å². The molecule has 1 aliphatic rings. The Morgan fingerprint density at radius 2 is 1.91 bits per heavy atom. The van der Waals surface area contributed by atoms with E-state index in [0.717, 1.165) is 24.2 Å². The molecule has 0 radical (unpaired) electrons. The molecule has 0 unspecified atom stereocenters. The van der Waals surface area contributed by atoms with Crippen LogP contribution in [0, 0.1) is 0 Å². The Balaban J connectivity index is 1.88. The first-order chi connectivity index (χ1) is 10.9. The summed E-state index contributed by atoms with van der Waals surface area (Å²) in [4.78, 5) is 0. The Labute approximate surface area is 130 Å². The molecule has 22 heavy (non-hydrogen) atoms. The van der Waals surface area contributed by atoms with Gasteiger partial charge >= 0.3 is 0 Å². The average molecular weight is 299 g/mol. The van der Waals surface area contributed by atoms with Crippen molar-refractivity contribution in [2.75, 3.05) is 19.7 Å². The number of rotatable bonds is 5. The number of para-hydroxylation sites is 1. The van der Waals surface area contributed by atoms with Gasteiger partial charge in [0.2, 0.25) is 0 Å². The van der Waals surface area contributed by atoms with Gasteiger partial charge in [0.05, 0.1) is 13.2 Å². The summed E-state index contributed by atoms with van der Waals surface area (Å²) in [6, 6.07) is 17.6. The molecule has 1 aliphatic heterocycles. The highest BCUT2D eigenvalue weighted by atomic mass is 16.5. The third-order valence-electron chi connectivity index (χ3n) is 3.82. The van der Waals surface area contributed by atoms with Gasteiger partial charge in [0.15, 0.2) is 6.10 Å². The molecule has 0 bridgehead atoms. The number of hydrogen-bond acceptors (Lipinski definition) is 4. The molecule has 116 valence electrons. The Morgan fingerprint density at radius 3 is 2.64 bits per heavy atom. The van der Waals surface area contributed by atoms with Gasteiger partial charge in [-0.15, -0.1) is 0 Å². The van der Waals surface area contributed by atoms with Gasteiger partial charge in [0, 0.05) is 18.7 Å². The maximum absolute atomic E-state index is 9.49. The van der Waals surface area contributed by atoms with Gasteiger partial charge in [0.1, 0.15) is 11.9 Å². The van der Waals surface area contributed by atoms with Crippen molar-refractivity contribution in [3.63, 3.8) is 0 Å². The van der Waals surface area contributed by atoms with E-state index in [9.17, 15) is 5.11 Å². The molecule has 3 rings (SSSR count). The first kappa shape index (κ1) is 15.0. The molecule has 0 aliphatic carbocycles. The fourth-order valence-corrected chi connectivity index (χ4v) is 2.67. The second kappa shape index (κ2) is 7.40. The Bertz CT molecular complexity index is 582. The lowest BCUT2D eigenvalue weighted by atomic mass is 10.0. The third kappa shape index (κ3) is 3.47. The lowest BCUT2D eigenvalue weighted by molar-refractivity contribution is -0.0437. The largest absolute Gasteiger partial charge is 0.483 e. The summed E-state index contributed by atoms with van der Waals surface area (Å²) in [5.74, 6) is 0.702. The standard InChI is InChI=1S/C18H21NO3/c20-13-15-8-4-5-9-16(15)22-18(14-6-2-1-3-7-14)17-12-19-10-11-21-17/h1-9,17-20H,10-13H2/t17-,18-/m0/s1. The van der Waals surface area contributed by atoms with Crippen LogP contribution >= 0.6 is 0 Å². The number of morpholine rings is 1. The lowest BCUT2D eigenvalue weighted by Gasteiger charge is -2.32. The van der Waals surface area contributed by atoms with E-state index in [2.05, 4.69) is 5.32 Å². The van der Waals surface area contributed by atoms with Crippen LogP contribution in [0.2, 0.25) is 0 Å². The molecule has 4 heteroatoms. The first-order valence-electron chi connectivity index (χ1n) is 7.61. The number of benzene rings is 2. The van der Waals surface area contributed by atoms with Crippen molar-refractivity contribution >= 4 is 0 Å². The normalized spacial score (nSPS) is 19.6. The van der Waals surface area contributed by atoms with E-state index in [1.165, 1.54) is 0 Å². The van der Waals surface area contributed by atoms with Crippen LogP contribution in [-0.4, -0.2) is 30.9 Å². The van der Waals surface area contributed by atoms with Crippen LogP contribution in [0.4, 0.5) is 0 Å². The van der Waals surface area contributed by atoms with Crippen molar-refractivity contribution in [1.29, 1.82) is 0 Å². The predicted molar refractivity (Wildman–Crippen MR) is 84.8 cm³/mol. The summed E-state index contributed by atoms with van der Waals surface area (Å²) < 4.78 is 12.1. The van der Waals surface area contributed by atoms with E-state index < -0.39 is 0 Å². The second-order valence-electron chi connectivity index (χ2n) is 5.33. The summed E-state index contributed by atoms with van der Waals surface area (Å²) in [5, 5.41) is 12.8. The summed E-state index contributed by atoms with van der Waals surface area (Å²) >= 11 is 0. The van der Waals surface area contributed by atoms with Gasteiger partial charge in [-0.05, 0) is 11.6 Å². The summed E-state index contributed by atoms with van der Waals surface area (Å²) in [5.41, 5.74) is 1.86. The number of ether oxygens (including phenoxy) is 2. The van der Waals surface area contributed by atoms with Gasteiger partial charge in [-0.3, -0.25) is 0 Å². The van der Waals surface area contributed by atoms with Gasteiger partial charge in [-0.25, -0.2) is 0 Å². The topological polar surface area (TPSA) is 50.7 Å². The smallest absolute Gasteiger partial charge is 0.151 e. The fraction of sp³-hybridized carbons (Fsp3) is 0.333. The quantitative estimate of drug-likeness (QED) is 0.889. The molecular weight excluding hydrogens is 278 g/mol. The van der Waals surface area contributed by atoms with E-state index in [-0.39, 0.29) is 18.8 Å². The maximum Gasteiger partial charge on any atom is 0.151 e. The number of aliphatic hydroxyl groups excluding tert-OH is 1. The Hall–Kier alpha value is -1.88. The zero-order valence-electron chi connectivity index (χ0n) is 12.4. The van der Waals surface area contributed by atoms with Crippen LogP contribution in [0.25, 0.3) is 0 Å². The zero-order chi connectivity index (χ0) is 15.2. The number of hydrogen-bond donors (Lipinski definition) is 2. The molecule has 0 amide bonds. The van der Waals surface area contributed by atoms with Crippen LogP contribution in [0.15, 0.2) is 54.6 Å². The second-order valence-corrected chi connectivity index (χ2v) is 5.33. The average Bonchev–Trinajstić information content (AvgIpc) is 2.61. The monoisotopic (exact) mass is 299 g/mol. The fourth-order valence-electron chi connectivity index (χ4n) is 2.67. The summed E-state index contributed by atoms with van der Waals surface area (Å²) in [6.07, 6.45) is -0.260. The highest BCUT2D eigenvalue weighted by Crippen LogP contribution is 2.29. The molecule has 0 spiro atoms. The lowest BCUT2D eigenvalue weighted by Crippen LogP contribution is -2.43. The van der Waals surface area contributed by atoms with Crippen molar-refractivity contribution in [2.24, 2.45) is 0 Å². The number of nitrogens with one attached hydrogen (secondary N) is 1. The maximum atomic E-state index is 9.49. The van der Waals surface area contributed by atoms with Crippen LogP contribution in [0.5, 0.6) is 5.75 Å². The molecular formula is C18H21NO3. The summed E-state index contributed by atoms with van der Waals surface area (Å²) in [6.45, 7) is 2.26. The van der Waals surface area contributed by atoms with Crippen molar-refractivity contribution in [3.8, 4) is 5.75 Å². The van der Waals surface area contributed by atoms with Crippen LogP contribution < -0.4 is 10.1 Å². The molecule has 1 heterocycles. The van der Waals surface area contributed by atoms with E-state index in [1.54, 1.807) is 0 Å². The van der Waals surface area contributed by atoms with Crippen molar-refractivity contribution in [2.45, 2.75) is 18.8 Å². The number of aliphatic hydroxyl groups is 1. The molecule has 0 aromatic heterocycles. The highest BCUT2D eigenvalue weighted by Gasteiger charge is 2.28. The third-order valence-corrected chi connectivity index (χ3v) is 3.82. The molecule has 1 fully saturated rings. The highest BCUT2D eigenvalue weighted by molar-refractivity contribution is 5.34. The Kier molecular flexibility index (Phi) is 5.06. The summed E-state index contributed by atoms with van der Waals surface area (Å²) in [7, 11) is 0. The van der Waals surface area contributed by atoms with E-state index in [1.807, 2.05) is 54.6 Å². The minimum Gasteiger partial charge on any atom is -0.483 e. The Morgan fingerprint density at radius 1 is 1.14 bits per heavy atom. The van der Waals surface area contributed by atoms with Gasteiger partial charge in [-0.2, -0.15) is 0 Å². The van der Waals surface area contributed by atoms with Gasteiger partial charge in [-0.1, -0.05) is 48.5 Å². The molecule has 2 atom stereocenters. The van der Waals surface area contributed by atoms with Crippen molar-refractivity contribution in [1.82, 2.24) is 5.32 Å². The van der Waals surface area contributed by atoms with Crippen LogP contribution in [0.1, 0.15) is 17.2 Å². The van der Waals surface area contributed by atoms with Crippen molar-refractivity contribution < 1.29 is 14.6 Å². The van der Waals surface area contributed by atoms with Crippen LogP contribution in [0.3, 0.4) is 0 Å². The minimum atomic E-state index is -0.207. The SMILES string of the molecule is OCc1ccccc1O[C@@H](c1ccccc1)[C@@H]1CNCCO1. The van der Waals surface area contributed by atoms with Gasteiger partial charge < -0.3 is 19.9 Å². The predicted octanol–water partition coefficient (Wildman–Crippen LogP) is 2.29. The van der Waals surface area contributed by atoms with E-state index >= 15 is 0 Å². The first-order valence-corrected chi connectivity index (χ1v) is 7.61. The van der Waals surface area contributed by atoms with E-state index in [0.29, 0.717) is 12.4 Å². The van der Waals surface area contributed by atoms with Crippen molar-refractivity contribution in [3.05, 3.63) is 65.7 Å². The zero-order valence-corrected chi connectivity index (χ0v) is 12.4. The minimum absolute atomic E-state index is 0.0402. The molecule has 4 nitrogen and oxygen atoms in total. The molecule has 2 aromatic rings. The molecule has 2 aromatic carbocycles. The molecule has 2 N–H and O–H groups in total. The van der Waals surface area contributed by atoms with Gasteiger partial charge in [0.25, 0.3) is 0 Å². The molecule has 1 saturated heterocycles.